The molecule has 0 bridgehead atoms. The van der Waals surface area contributed by atoms with Gasteiger partial charge in [0.15, 0.2) is 0 Å². The highest BCUT2D eigenvalue weighted by molar-refractivity contribution is 7.98. The van der Waals surface area contributed by atoms with Crippen molar-refractivity contribution in [3.63, 3.8) is 0 Å². The van der Waals surface area contributed by atoms with Gasteiger partial charge in [0.1, 0.15) is 5.75 Å². The van der Waals surface area contributed by atoms with Crippen molar-refractivity contribution in [2.24, 2.45) is 0 Å². The van der Waals surface area contributed by atoms with Gasteiger partial charge in [0.25, 0.3) is 0 Å². The summed E-state index contributed by atoms with van der Waals surface area (Å²) in [5, 5.41) is 3.56. The first-order chi connectivity index (χ1) is 10.2. The lowest BCUT2D eigenvalue weighted by Gasteiger charge is -2.17. The van der Waals surface area contributed by atoms with Crippen molar-refractivity contribution in [3.05, 3.63) is 29.3 Å². The number of benzene rings is 1. The van der Waals surface area contributed by atoms with Crippen molar-refractivity contribution in [1.82, 2.24) is 5.32 Å². The van der Waals surface area contributed by atoms with Crippen LogP contribution in [0.4, 0.5) is 0 Å². The summed E-state index contributed by atoms with van der Waals surface area (Å²) in [7, 11) is 0. The third-order valence-corrected chi connectivity index (χ3v) is 4.58. The molecule has 1 aromatic carbocycles. The van der Waals surface area contributed by atoms with E-state index in [9.17, 15) is 0 Å². The largest absolute Gasteiger partial charge is 0.494 e. The molecule has 0 aliphatic rings. The first kappa shape index (κ1) is 18.4. The van der Waals surface area contributed by atoms with Crippen molar-refractivity contribution >= 4 is 11.8 Å². The molecule has 0 saturated carbocycles. The van der Waals surface area contributed by atoms with Gasteiger partial charge in [-0.2, -0.15) is 11.8 Å². The van der Waals surface area contributed by atoms with E-state index < -0.39 is 0 Å². The third-order valence-electron chi connectivity index (χ3n) is 3.48. The molecule has 120 valence electrons. The third kappa shape index (κ3) is 6.75. The number of nitrogens with one attached hydrogen (secondary N) is 1. The molecule has 0 saturated heterocycles. The Balaban J connectivity index is 2.74. The highest BCUT2D eigenvalue weighted by Gasteiger charge is 2.09. The summed E-state index contributed by atoms with van der Waals surface area (Å²) in [4.78, 5) is 0. The summed E-state index contributed by atoms with van der Waals surface area (Å²) >= 11 is 2.01. The van der Waals surface area contributed by atoms with E-state index >= 15 is 0 Å². The fourth-order valence-corrected chi connectivity index (χ4v) is 3.27. The van der Waals surface area contributed by atoms with Gasteiger partial charge in [-0.15, -0.1) is 0 Å². The molecule has 1 atom stereocenters. The van der Waals surface area contributed by atoms with Crippen molar-refractivity contribution in [2.45, 2.75) is 58.8 Å². The van der Waals surface area contributed by atoms with Crippen LogP contribution in [-0.2, 0) is 5.75 Å². The van der Waals surface area contributed by atoms with E-state index in [4.69, 9.17) is 4.74 Å². The van der Waals surface area contributed by atoms with Crippen LogP contribution in [0.5, 0.6) is 5.75 Å². The molecule has 0 fully saturated rings. The standard InChI is InChI=1S/C18H31NOS/c1-5-8-12-21-14-17-13-16(15(4)19-11-6-2)9-10-18(17)20-7-3/h9-10,13,15,19H,5-8,11-12,14H2,1-4H3. The van der Waals surface area contributed by atoms with E-state index in [2.05, 4.69) is 44.3 Å². The maximum atomic E-state index is 5.78. The quantitative estimate of drug-likeness (QED) is 0.569. The van der Waals surface area contributed by atoms with E-state index in [0.29, 0.717) is 6.04 Å². The molecule has 0 aliphatic carbocycles. The second-order valence-electron chi connectivity index (χ2n) is 5.38. The molecule has 3 heteroatoms. The van der Waals surface area contributed by atoms with Crippen LogP contribution in [0, 0.1) is 0 Å². The van der Waals surface area contributed by atoms with Crippen molar-refractivity contribution in [1.29, 1.82) is 0 Å². The zero-order chi connectivity index (χ0) is 15.5. The lowest BCUT2D eigenvalue weighted by atomic mass is 10.0. The normalized spacial score (nSPS) is 12.4. The highest BCUT2D eigenvalue weighted by atomic mass is 32.2. The van der Waals surface area contributed by atoms with E-state index in [1.54, 1.807) is 0 Å². The van der Waals surface area contributed by atoms with E-state index in [1.807, 2.05) is 18.7 Å². The smallest absolute Gasteiger partial charge is 0.123 e. The van der Waals surface area contributed by atoms with Crippen molar-refractivity contribution in [3.8, 4) is 5.75 Å². The minimum atomic E-state index is 0.403. The summed E-state index contributed by atoms with van der Waals surface area (Å²) in [6.07, 6.45) is 3.73. The minimum absolute atomic E-state index is 0.403. The molecule has 0 spiro atoms. The highest BCUT2D eigenvalue weighted by Crippen LogP contribution is 2.27. The van der Waals surface area contributed by atoms with Gasteiger partial charge in [-0.25, -0.2) is 0 Å². The molecule has 1 rings (SSSR count). The van der Waals surface area contributed by atoms with Crippen LogP contribution in [0.2, 0.25) is 0 Å². The Morgan fingerprint density at radius 1 is 1.19 bits per heavy atom. The van der Waals surface area contributed by atoms with Gasteiger partial charge in [0, 0.05) is 17.4 Å². The Labute approximate surface area is 135 Å². The number of rotatable bonds is 11. The number of unbranched alkanes of at least 4 members (excludes halogenated alkanes) is 1. The molecule has 21 heavy (non-hydrogen) atoms. The molecule has 0 heterocycles. The Morgan fingerprint density at radius 2 is 2.00 bits per heavy atom. The zero-order valence-corrected chi connectivity index (χ0v) is 14.9. The van der Waals surface area contributed by atoms with Crippen LogP contribution in [-0.4, -0.2) is 18.9 Å². The first-order valence-electron chi connectivity index (χ1n) is 8.29. The molecule has 1 N–H and O–H groups in total. The van der Waals surface area contributed by atoms with Gasteiger partial charge in [-0.1, -0.05) is 26.3 Å². The Hall–Kier alpha value is -0.670. The van der Waals surface area contributed by atoms with Gasteiger partial charge in [0.2, 0.25) is 0 Å². The van der Waals surface area contributed by atoms with E-state index in [0.717, 1.165) is 24.7 Å². The second kappa shape index (κ2) is 11.0. The summed E-state index contributed by atoms with van der Waals surface area (Å²) < 4.78 is 5.78. The van der Waals surface area contributed by atoms with Gasteiger partial charge in [0.05, 0.1) is 6.61 Å². The maximum Gasteiger partial charge on any atom is 0.123 e. The molecular formula is C18H31NOS. The summed E-state index contributed by atoms with van der Waals surface area (Å²) in [5.41, 5.74) is 2.69. The number of hydrogen-bond acceptors (Lipinski definition) is 3. The molecular weight excluding hydrogens is 278 g/mol. The van der Waals surface area contributed by atoms with Crippen LogP contribution in [0.1, 0.15) is 64.1 Å². The molecule has 0 radical (unpaired) electrons. The lowest BCUT2D eigenvalue weighted by Crippen LogP contribution is -2.19. The van der Waals surface area contributed by atoms with Crippen LogP contribution in [0.25, 0.3) is 0 Å². The average molecular weight is 310 g/mol. The summed E-state index contributed by atoms with van der Waals surface area (Å²) in [6, 6.07) is 7.05. The fraction of sp³-hybridized carbons (Fsp3) is 0.667. The van der Waals surface area contributed by atoms with Crippen LogP contribution in [0.15, 0.2) is 18.2 Å². The van der Waals surface area contributed by atoms with Gasteiger partial charge < -0.3 is 10.1 Å². The van der Waals surface area contributed by atoms with Gasteiger partial charge >= 0.3 is 0 Å². The number of ether oxygens (including phenoxy) is 1. The van der Waals surface area contributed by atoms with Crippen molar-refractivity contribution < 1.29 is 4.74 Å². The number of hydrogen-bond donors (Lipinski definition) is 1. The van der Waals surface area contributed by atoms with Crippen LogP contribution < -0.4 is 10.1 Å². The van der Waals surface area contributed by atoms with E-state index in [-0.39, 0.29) is 0 Å². The predicted molar refractivity (Wildman–Crippen MR) is 95.4 cm³/mol. The predicted octanol–water partition coefficient (Wildman–Crippen LogP) is 5.18. The van der Waals surface area contributed by atoms with Gasteiger partial charge in [-0.3, -0.25) is 0 Å². The molecule has 1 aromatic rings. The Bertz CT molecular complexity index is 395. The second-order valence-corrected chi connectivity index (χ2v) is 6.49. The number of thioether (sulfide) groups is 1. The summed E-state index contributed by atoms with van der Waals surface area (Å²) in [5.74, 6) is 3.33. The van der Waals surface area contributed by atoms with Crippen molar-refractivity contribution in [2.75, 3.05) is 18.9 Å². The monoisotopic (exact) mass is 309 g/mol. The first-order valence-corrected chi connectivity index (χ1v) is 9.45. The molecule has 0 aliphatic heterocycles. The molecule has 1 unspecified atom stereocenters. The summed E-state index contributed by atoms with van der Waals surface area (Å²) in [6.45, 7) is 10.5. The SMILES string of the molecule is CCCCSCc1cc(C(C)NCCC)ccc1OCC. The van der Waals surface area contributed by atoms with E-state index in [1.165, 1.54) is 36.1 Å². The molecule has 0 aromatic heterocycles. The molecule has 0 amide bonds. The molecule has 2 nitrogen and oxygen atoms in total. The van der Waals surface area contributed by atoms with Crippen LogP contribution >= 0.6 is 11.8 Å². The minimum Gasteiger partial charge on any atom is -0.494 e. The zero-order valence-electron chi connectivity index (χ0n) is 14.1. The fourth-order valence-electron chi connectivity index (χ4n) is 2.19. The van der Waals surface area contributed by atoms with Crippen LogP contribution in [0.3, 0.4) is 0 Å². The maximum absolute atomic E-state index is 5.78. The average Bonchev–Trinajstić information content (AvgIpc) is 2.50. The Kier molecular flexibility index (Phi) is 9.60. The van der Waals surface area contributed by atoms with Gasteiger partial charge in [-0.05, 0) is 56.7 Å². The topological polar surface area (TPSA) is 21.3 Å². The lowest BCUT2D eigenvalue weighted by molar-refractivity contribution is 0.337. The Morgan fingerprint density at radius 3 is 2.67 bits per heavy atom.